The number of rotatable bonds is 4. The van der Waals surface area contributed by atoms with Crippen LogP contribution in [0.2, 0.25) is 5.02 Å². The number of nitriles is 1. The highest BCUT2D eigenvalue weighted by Gasteiger charge is 2.07. The Bertz CT molecular complexity index is 654. The standard InChI is InChI=1S/C16H11ClFNO/c17-14-7-12(8-15(18)9-14)3-6-16(20)13-4-1-11(10-19)2-5-13/h1-2,4-5,7-9H,3,6H2. The van der Waals surface area contributed by atoms with Crippen LogP contribution in [0, 0.1) is 17.1 Å². The lowest BCUT2D eigenvalue weighted by Crippen LogP contribution is -2.01. The molecule has 2 rings (SSSR count). The first-order valence-electron chi connectivity index (χ1n) is 6.07. The fourth-order valence-corrected chi connectivity index (χ4v) is 2.13. The highest BCUT2D eigenvalue weighted by atomic mass is 35.5. The lowest BCUT2D eigenvalue weighted by molar-refractivity contribution is 0.0983. The Morgan fingerprint density at radius 2 is 1.90 bits per heavy atom. The first kappa shape index (κ1) is 14.2. The summed E-state index contributed by atoms with van der Waals surface area (Å²) in [6.45, 7) is 0. The predicted octanol–water partition coefficient (Wildman–Crippen LogP) is 4.17. The van der Waals surface area contributed by atoms with E-state index in [1.165, 1.54) is 12.1 Å². The van der Waals surface area contributed by atoms with Gasteiger partial charge < -0.3 is 0 Å². The Balaban J connectivity index is 2.02. The third-order valence-electron chi connectivity index (χ3n) is 2.90. The largest absolute Gasteiger partial charge is 0.294 e. The highest BCUT2D eigenvalue weighted by molar-refractivity contribution is 6.30. The minimum absolute atomic E-state index is 0.0464. The van der Waals surface area contributed by atoms with Gasteiger partial charge in [0.05, 0.1) is 11.6 Å². The molecule has 0 N–H and O–H groups in total. The van der Waals surface area contributed by atoms with Crippen LogP contribution in [0.5, 0.6) is 0 Å². The second-order valence-electron chi connectivity index (χ2n) is 4.39. The molecule has 0 aliphatic rings. The van der Waals surface area contributed by atoms with Gasteiger partial charge in [-0.05, 0) is 42.3 Å². The number of nitrogens with zero attached hydrogens (tertiary/aromatic N) is 1. The van der Waals surface area contributed by atoms with Crippen LogP contribution in [0.1, 0.15) is 27.9 Å². The summed E-state index contributed by atoms with van der Waals surface area (Å²) in [6, 6.07) is 12.7. The number of aryl methyl sites for hydroxylation is 1. The molecule has 0 unspecified atom stereocenters. The summed E-state index contributed by atoms with van der Waals surface area (Å²) < 4.78 is 13.2. The molecule has 4 heteroatoms. The van der Waals surface area contributed by atoms with Crippen LogP contribution in [0.3, 0.4) is 0 Å². The molecule has 0 atom stereocenters. The van der Waals surface area contributed by atoms with Gasteiger partial charge in [0, 0.05) is 17.0 Å². The zero-order valence-electron chi connectivity index (χ0n) is 10.6. The van der Waals surface area contributed by atoms with Crippen molar-refractivity contribution in [1.82, 2.24) is 0 Å². The van der Waals surface area contributed by atoms with Crippen molar-refractivity contribution < 1.29 is 9.18 Å². The van der Waals surface area contributed by atoms with E-state index >= 15 is 0 Å². The van der Waals surface area contributed by atoms with Crippen molar-refractivity contribution in [3.8, 4) is 6.07 Å². The molecule has 100 valence electrons. The van der Waals surface area contributed by atoms with Crippen molar-refractivity contribution in [1.29, 1.82) is 5.26 Å². The average molecular weight is 288 g/mol. The highest BCUT2D eigenvalue weighted by Crippen LogP contribution is 2.16. The Kier molecular flexibility index (Phi) is 4.49. The van der Waals surface area contributed by atoms with Gasteiger partial charge in [-0.15, -0.1) is 0 Å². The van der Waals surface area contributed by atoms with E-state index in [9.17, 15) is 9.18 Å². The normalized spacial score (nSPS) is 10.1. The van der Waals surface area contributed by atoms with Gasteiger partial charge in [-0.1, -0.05) is 23.7 Å². The monoisotopic (exact) mass is 287 g/mol. The van der Waals surface area contributed by atoms with Crippen molar-refractivity contribution in [3.05, 3.63) is 70.0 Å². The summed E-state index contributed by atoms with van der Waals surface area (Å²) in [7, 11) is 0. The number of Topliss-reactive ketones (excluding diaryl/α,β-unsaturated/α-hetero) is 1. The van der Waals surface area contributed by atoms with E-state index in [0.29, 0.717) is 28.1 Å². The molecule has 0 heterocycles. The topological polar surface area (TPSA) is 40.9 Å². The summed E-state index contributed by atoms with van der Waals surface area (Å²) >= 11 is 5.76. The number of halogens is 2. The lowest BCUT2D eigenvalue weighted by Gasteiger charge is -2.03. The third kappa shape index (κ3) is 3.66. The van der Waals surface area contributed by atoms with Crippen molar-refractivity contribution in [2.24, 2.45) is 0 Å². The van der Waals surface area contributed by atoms with E-state index < -0.39 is 5.82 Å². The number of ketones is 1. The van der Waals surface area contributed by atoms with Crippen LogP contribution in [-0.2, 0) is 6.42 Å². The number of benzene rings is 2. The molecular weight excluding hydrogens is 277 g/mol. The Hall–Kier alpha value is -2.18. The molecule has 0 aliphatic heterocycles. The van der Waals surface area contributed by atoms with E-state index in [2.05, 4.69) is 0 Å². The molecular formula is C16H11ClFNO. The van der Waals surface area contributed by atoms with Gasteiger partial charge in [0.1, 0.15) is 5.82 Å². The van der Waals surface area contributed by atoms with Gasteiger partial charge in [0.15, 0.2) is 5.78 Å². The van der Waals surface area contributed by atoms with Crippen molar-refractivity contribution >= 4 is 17.4 Å². The van der Waals surface area contributed by atoms with Gasteiger partial charge >= 0.3 is 0 Å². The molecule has 0 saturated carbocycles. The fourth-order valence-electron chi connectivity index (χ4n) is 1.89. The van der Waals surface area contributed by atoms with Gasteiger partial charge in [-0.25, -0.2) is 4.39 Å². The van der Waals surface area contributed by atoms with Gasteiger partial charge in [-0.3, -0.25) is 4.79 Å². The molecule has 0 aromatic heterocycles. The zero-order chi connectivity index (χ0) is 14.5. The summed E-state index contributed by atoms with van der Waals surface area (Å²) in [4.78, 5) is 12.0. The van der Waals surface area contributed by atoms with Crippen LogP contribution in [-0.4, -0.2) is 5.78 Å². The number of carbonyl (C=O) groups is 1. The van der Waals surface area contributed by atoms with Crippen molar-refractivity contribution in [2.75, 3.05) is 0 Å². The minimum atomic E-state index is -0.404. The first-order valence-corrected chi connectivity index (χ1v) is 6.44. The molecule has 0 radical (unpaired) electrons. The summed E-state index contributed by atoms with van der Waals surface area (Å²) in [5.74, 6) is -0.451. The SMILES string of the molecule is N#Cc1ccc(C(=O)CCc2cc(F)cc(Cl)c2)cc1. The average Bonchev–Trinajstić information content (AvgIpc) is 2.44. The molecule has 2 aromatic carbocycles. The van der Waals surface area contributed by atoms with Crippen LogP contribution in [0.4, 0.5) is 4.39 Å². The molecule has 0 amide bonds. The van der Waals surface area contributed by atoms with E-state index in [0.717, 1.165) is 0 Å². The Morgan fingerprint density at radius 1 is 1.20 bits per heavy atom. The number of hydrogen-bond donors (Lipinski definition) is 0. The molecule has 0 bridgehead atoms. The van der Waals surface area contributed by atoms with Crippen LogP contribution in [0.25, 0.3) is 0 Å². The maximum absolute atomic E-state index is 13.2. The molecule has 0 spiro atoms. The molecule has 0 saturated heterocycles. The van der Waals surface area contributed by atoms with E-state index in [4.69, 9.17) is 16.9 Å². The van der Waals surface area contributed by atoms with Crippen LogP contribution < -0.4 is 0 Å². The Morgan fingerprint density at radius 3 is 2.50 bits per heavy atom. The van der Waals surface area contributed by atoms with E-state index in [-0.39, 0.29) is 12.2 Å². The van der Waals surface area contributed by atoms with E-state index in [1.807, 2.05) is 6.07 Å². The maximum atomic E-state index is 13.2. The second-order valence-corrected chi connectivity index (χ2v) is 4.83. The smallest absolute Gasteiger partial charge is 0.163 e. The van der Waals surface area contributed by atoms with E-state index in [1.54, 1.807) is 30.3 Å². The Labute approximate surface area is 121 Å². The lowest BCUT2D eigenvalue weighted by atomic mass is 10.0. The zero-order valence-corrected chi connectivity index (χ0v) is 11.3. The van der Waals surface area contributed by atoms with Crippen molar-refractivity contribution in [3.63, 3.8) is 0 Å². The summed E-state index contributed by atoms with van der Waals surface area (Å²) in [6.07, 6.45) is 0.696. The fraction of sp³-hybridized carbons (Fsp3) is 0.125. The summed E-state index contributed by atoms with van der Waals surface area (Å²) in [5.41, 5.74) is 1.75. The van der Waals surface area contributed by atoms with Gasteiger partial charge in [0.2, 0.25) is 0 Å². The third-order valence-corrected chi connectivity index (χ3v) is 3.12. The molecule has 0 fully saturated rings. The molecule has 2 nitrogen and oxygen atoms in total. The number of carbonyl (C=O) groups excluding carboxylic acids is 1. The van der Waals surface area contributed by atoms with Crippen molar-refractivity contribution in [2.45, 2.75) is 12.8 Å². The van der Waals surface area contributed by atoms with Crippen LogP contribution >= 0.6 is 11.6 Å². The van der Waals surface area contributed by atoms with Crippen LogP contribution in [0.15, 0.2) is 42.5 Å². The quantitative estimate of drug-likeness (QED) is 0.792. The van der Waals surface area contributed by atoms with Gasteiger partial charge in [-0.2, -0.15) is 5.26 Å². The molecule has 2 aromatic rings. The predicted molar refractivity (Wildman–Crippen MR) is 75.2 cm³/mol. The minimum Gasteiger partial charge on any atom is -0.294 e. The number of hydrogen-bond acceptors (Lipinski definition) is 2. The van der Waals surface area contributed by atoms with Gasteiger partial charge in [0.25, 0.3) is 0 Å². The second kappa shape index (κ2) is 6.31. The maximum Gasteiger partial charge on any atom is 0.163 e. The first-order chi connectivity index (χ1) is 9.58. The molecule has 0 aliphatic carbocycles. The summed E-state index contributed by atoms with van der Waals surface area (Å²) in [5, 5.41) is 9.01. The molecule has 20 heavy (non-hydrogen) atoms.